The number of rotatable bonds is 7. The minimum Gasteiger partial charge on any atom is -0.507 e. The normalized spacial score (nSPS) is 17.1. The van der Waals surface area contributed by atoms with Gasteiger partial charge < -0.3 is 14.6 Å². The maximum atomic E-state index is 13.6. The summed E-state index contributed by atoms with van der Waals surface area (Å²) in [6.07, 6.45) is -0.000870. The second-order valence-corrected chi connectivity index (χ2v) is 11.8. The van der Waals surface area contributed by atoms with Crippen LogP contribution < -0.4 is 14.4 Å². The number of ether oxygens (including phenoxy) is 2. The van der Waals surface area contributed by atoms with Gasteiger partial charge in [-0.25, -0.2) is 0 Å². The molecule has 0 spiro atoms. The molecule has 1 amide bonds. The van der Waals surface area contributed by atoms with Gasteiger partial charge >= 0.3 is 0 Å². The van der Waals surface area contributed by atoms with Crippen LogP contribution in [-0.4, -0.2) is 29.0 Å². The second-order valence-electron chi connectivity index (χ2n) is 11.8. The molecule has 0 aromatic heterocycles. The summed E-state index contributed by atoms with van der Waals surface area (Å²) in [6, 6.07) is 19.4. The van der Waals surface area contributed by atoms with E-state index >= 15 is 0 Å². The first kappa shape index (κ1) is 28.9. The van der Waals surface area contributed by atoms with Crippen molar-refractivity contribution in [2.45, 2.75) is 79.1 Å². The van der Waals surface area contributed by atoms with E-state index in [0.29, 0.717) is 22.7 Å². The van der Waals surface area contributed by atoms with E-state index in [1.54, 1.807) is 42.5 Å². The third-order valence-corrected chi connectivity index (χ3v) is 6.83. The lowest BCUT2D eigenvalue weighted by Crippen LogP contribution is -2.29. The Hall–Kier alpha value is -4.06. The summed E-state index contributed by atoms with van der Waals surface area (Å²) in [7, 11) is 0. The number of hydrogen-bond donors (Lipinski definition) is 1. The smallest absolute Gasteiger partial charge is 0.300 e. The van der Waals surface area contributed by atoms with Crippen molar-refractivity contribution in [3.05, 3.63) is 94.6 Å². The van der Waals surface area contributed by atoms with Gasteiger partial charge in [-0.05, 0) is 99.2 Å². The fraction of sp³-hybridized carbons (Fsp3) is 0.353. The van der Waals surface area contributed by atoms with Crippen LogP contribution in [0.2, 0.25) is 0 Å². The molecule has 1 aliphatic heterocycles. The highest BCUT2D eigenvalue weighted by atomic mass is 16.5. The molecule has 0 bridgehead atoms. The monoisotopic (exact) mass is 541 g/mol. The summed E-state index contributed by atoms with van der Waals surface area (Å²) in [4.78, 5) is 28.6. The number of carbonyl (C=O) groups excluding carboxylic acids is 2. The molecule has 6 heteroatoms. The van der Waals surface area contributed by atoms with Gasteiger partial charge in [-0.1, -0.05) is 45.0 Å². The average Bonchev–Trinajstić information content (AvgIpc) is 3.14. The van der Waals surface area contributed by atoms with Crippen LogP contribution >= 0.6 is 0 Å². The number of aliphatic hydroxyl groups excluding tert-OH is 1. The number of nitrogens with zero attached hydrogens (tertiary/aromatic N) is 1. The Balaban J connectivity index is 1.86. The molecule has 3 aromatic carbocycles. The van der Waals surface area contributed by atoms with Crippen molar-refractivity contribution >= 4 is 23.1 Å². The van der Waals surface area contributed by atoms with E-state index in [9.17, 15) is 14.7 Å². The molecule has 0 radical (unpaired) electrons. The van der Waals surface area contributed by atoms with Crippen LogP contribution in [0, 0.1) is 6.92 Å². The van der Waals surface area contributed by atoms with Crippen LogP contribution in [0.15, 0.2) is 72.3 Å². The molecule has 1 N–H and O–H groups in total. The third kappa shape index (κ3) is 5.91. The zero-order chi connectivity index (χ0) is 29.4. The van der Waals surface area contributed by atoms with Crippen molar-refractivity contribution in [3.8, 4) is 11.5 Å². The molecule has 4 rings (SSSR count). The topological polar surface area (TPSA) is 76.1 Å². The summed E-state index contributed by atoms with van der Waals surface area (Å²) in [5.41, 5.74) is 3.64. The zero-order valence-electron chi connectivity index (χ0n) is 24.6. The Morgan fingerprint density at radius 3 is 1.98 bits per heavy atom. The highest BCUT2D eigenvalue weighted by molar-refractivity contribution is 6.51. The summed E-state index contributed by atoms with van der Waals surface area (Å²) in [6.45, 7) is 16.0. The lowest BCUT2D eigenvalue weighted by Gasteiger charge is -2.27. The summed E-state index contributed by atoms with van der Waals surface area (Å²) >= 11 is 0. The predicted octanol–water partition coefficient (Wildman–Crippen LogP) is 7.49. The van der Waals surface area contributed by atoms with Crippen molar-refractivity contribution in [2.75, 3.05) is 4.90 Å². The Bertz CT molecular complexity index is 1430. The first-order valence-electron chi connectivity index (χ1n) is 13.7. The van der Waals surface area contributed by atoms with E-state index in [1.807, 2.05) is 58.9 Å². The molecule has 1 fully saturated rings. The number of ketones is 1. The number of hydrogen-bond acceptors (Lipinski definition) is 5. The number of carbonyl (C=O) groups is 2. The summed E-state index contributed by atoms with van der Waals surface area (Å²) < 4.78 is 11.6. The maximum absolute atomic E-state index is 13.6. The van der Waals surface area contributed by atoms with Gasteiger partial charge in [0.2, 0.25) is 0 Å². The Morgan fingerprint density at radius 1 is 0.850 bits per heavy atom. The van der Waals surface area contributed by atoms with Gasteiger partial charge in [0, 0.05) is 11.3 Å². The number of Topliss-reactive ketones (excluding diaryl/α,β-unsaturated/α-hetero) is 1. The molecule has 1 atom stereocenters. The number of amides is 1. The van der Waals surface area contributed by atoms with Crippen LogP contribution in [0.3, 0.4) is 0 Å². The van der Waals surface area contributed by atoms with Gasteiger partial charge in [0.25, 0.3) is 11.7 Å². The standard InChI is InChI=1S/C34H39NO5/c1-20(2)39-27-16-14-26(15-17-27)35-30(23-9-12-25(13-10-23)34(6,7)8)29(32(37)33(35)38)31(36)24-11-18-28(22(5)19-24)40-21(3)4/h9-21,30,36H,1-8H3/b31-29-. The first-order chi connectivity index (χ1) is 18.8. The molecule has 1 aliphatic rings. The SMILES string of the molecule is Cc1cc(/C(O)=C2/C(=O)C(=O)N(c3ccc(OC(C)C)cc3)C2c2ccc(C(C)(C)C)cc2)ccc1OC(C)C. The van der Waals surface area contributed by atoms with Crippen LogP contribution in [0.5, 0.6) is 11.5 Å². The molecule has 40 heavy (non-hydrogen) atoms. The predicted molar refractivity (Wildman–Crippen MR) is 159 cm³/mol. The Labute approximate surface area is 237 Å². The van der Waals surface area contributed by atoms with Crippen molar-refractivity contribution < 1.29 is 24.2 Å². The first-order valence-corrected chi connectivity index (χ1v) is 13.7. The van der Waals surface area contributed by atoms with Gasteiger partial charge in [-0.2, -0.15) is 0 Å². The molecule has 210 valence electrons. The highest BCUT2D eigenvalue weighted by Crippen LogP contribution is 2.43. The molecule has 1 heterocycles. The number of anilines is 1. The lowest BCUT2D eigenvalue weighted by molar-refractivity contribution is -0.132. The number of benzene rings is 3. The number of aliphatic hydroxyl groups is 1. The van der Waals surface area contributed by atoms with E-state index < -0.39 is 17.7 Å². The van der Waals surface area contributed by atoms with Gasteiger partial charge in [-0.15, -0.1) is 0 Å². The quantitative estimate of drug-likeness (QED) is 0.190. The van der Waals surface area contributed by atoms with Crippen LogP contribution in [0.25, 0.3) is 5.76 Å². The van der Waals surface area contributed by atoms with Gasteiger partial charge in [0.1, 0.15) is 17.3 Å². The molecule has 1 saturated heterocycles. The Kier molecular flexibility index (Phi) is 8.10. The van der Waals surface area contributed by atoms with Gasteiger partial charge in [0.05, 0.1) is 23.8 Å². The molecule has 0 aliphatic carbocycles. The molecule has 6 nitrogen and oxygen atoms in total. The average molecular weight is 542 g/mol. The van der Waals surface area contributed by atoms with Gasteiger partial charge in [-0.3, -0.25) is 14.5 Å². The van der Waals surface area contributed by atoms with E-state index in [1.165, 1.54) is 4.90 Å². The summed E-state index contributed by atoms with van der Waals surface area (Å²) in [5.74, 6) is -0.277. The maximum Gasteiger partial charge on any atom is 0.300 e. The molecule has 0 saturated carbocycles. The van der Waals surface area contributed by atoms with E-state index in [4.69, 9.17) is 9.47 Å². The summed E-state index contributed by atoms with van der Waals surface area (Å²) in [5, 5.41) is 11.5. The lowest BCUT2D eigenvalue weighted by atomic mass is 9.85. The minimum absolute atomic E-state index is 0.00203. The highest BCUT2D eigenvalue weighted by Gasteiger charge is 2.47. The van der Waals surface area contributed by atoms with Crippen molar-refractivity contribution in [1.29, 1.82) is 0 Å². The number of aryl methyl sites for hydroxylation is 1. The molecular weight excluding hydrogens is 502 g/mol. The van der Waals surface area contributed by atoms with Crippen LogP contribution in [0.4, 0.5) is 5.69 Å². The fourth-order valence-corrected chi connectivity index (χ4v) is 4.88. The molecule has 3 aromatic rings. The van der Waals surface area contributed by atoms with Crippen molar-refractivity contribution in [2.24, 2.45) is 0 Å². The minimum atomic E-state index is -0.808. The Morgan fingerprint density at radius 2 is 1.45 bits per heavy atom. The van der Waals surface area contributed by atoms with Crippen LogP contribution in [-0.2, 0) is 15.0 Å². The second kappa shape index (κ2) is 11.2. The van der Waals surface area contributed by atoms with E-state index in [-0.39, 0.29) is 29.0 Å². The van der Waals surface area contributed by atoms with Gasteiger partial charge in [0.15, 0.2) is 0 Å². The third-order valence-electron chi connectivity index (χ3n) is 6.83. The fourth-order valence-electron chi connectivity index (χ4n) is 4.88. The molecule has 1 unspecified atom stereocenters. The van der Waals surface area contributed by atoms with E-state index in [0.717, 1.165) is 16.7 Å². The zero-order valence-corrected chi connectivity index (χ0v) is 24.6. The van der Waals surface area contributed by atoms with E-state index in [2.05, 4.69) is 20.8 Å². The molecular formula is C34H39NO5. The van der Waals surface area contributed by atoms with Crippen molar-refractivity contribution in [3.63, 3.8) is 0 Å². The van der Waals surface area contributed by atoms with Crippen molar-refractivity contribution in [1.82, 2.24) is 0 Å². The van der Waals surface area contributed by atoms with Crippen LogP contribution in [0.1, 0.15) is 76.8 Å². The largest absolute Gasteiger partial charge is 0.507 e.